The molecule has 0 saturated heterocycles. The minimum absolute atomic E-state index is 0.0638. The number of hydrogen-bond donors (Lipinski definition) is 3. The summed E-state index contributed by atoms with van der Waals surface area (Å²) in [5.41, 5.74) is 7.70. The largest absolute Gasteiger partial charge is 0.506 e. The van der Waals surface area contributed by atoms with Gasteiger partial charge in [-0.15, -0.1) is 0 Å². The van der Waals surface area contributed by atoms with Crippen LogP contribution in [0.25, 0.3) is 5.57 Å². The molecule has 1 aliphatic carbocycles. The highest BCUT2D eigenvalue weighted by Crippen LogP contribution is 2.40. The van der Waals surface area contributed by atoms with Gasteiger partial charge >= 0.3 is 0 Å². The van der Waals surface area contributed by atoms with Crippen LogP contribution in [-0.4, -0.2) is 42.6 Å². The average Bonchev–Trinajstić information content (AvgIpc) is 2.54. The fourth-order valence-electron chi connectivity index (χ4n) is 2.41. The van der Waals surface area contributed by atoms with Gasteiger partial charge in [-0.3, -0.25) is 4.79 Å². The van der Waals surface area contributed by atoms with Crippen molar-refractivity contribution in [3.8, 4) is 5.75 Å². The van der Waals surface area contributed by atoms with Crippen LogP contribution in [0.2, 0.25) is 0 Å². The van der Waals surface area contributed by atoms with E-state index >= 15 is 0 Å². The van der Waals surface area contributed by atoms with Gasteiger partial charge < -0.3 is 21.1 Å². The maximum atomic E-state index is 12.7. The zero-order valence-electron chi connectivity index (χ0n) is 14.3. The maximum Gasteiger partial charge on any atom is 0.196 e. The maximum absolute atomic E-state index is 12.7. The Hall–Kier alpha value is -2.44. The molecule has 3 rings (SSSR count). The van der Waals surface area contributed by atoms with Crippen LogP contribution in [0.15, 0.2) is 46.9 Å². The fourth-order valence-corrected chi connectivity index (χ4v) is 2.86. The van der Waals surface area contributed by atoms with E-state index < -0.39 is 0 Å². The summed E-state index contributed by atoms with van der Waals surface area (Å²) in [7, 11) is 6.00. The molecule has 4 N–H and O–H groups in total. The number of nitrogens with two attached hydrogens (primary N) is 1. The Labute approximate surface area is 155 Å². The van der Waals surface area contributed by atoms with Gasteiger partial charge in [-0.25, -0.2) is 0 Å². The number of nitrogens with zero attached hydrogens (tertiary/aromatic N) is 1. The zero-order chi connectivity index (χ0) is 18.7. The lowest BCUT2D eigenvalue weighted by Gasteiger charge is -2.20. The van der Waals surface area contributed by atoms with Crippen molar-refractivity contribution in [2.75, 3.05) is 26.9 Å². The van der Waals surface area contributed by atoms with Gasteiger partial charge in [-0.2, -0.15) is 0 Å². The number of allylic oxidation sites excluding steroid dienone is 2. The van der Waals surface area contributed by atoms with E-state index in [1.54, 1.807) is 12.1 Å². The molecule has 0 amide bonds. The van der Waals surface area contributed by atoms with E-state index in [1.807, 2.05) is 44.2 Å². The van der Waals surface area contributed by atoms with Crippen LogP contribution < -0.4 is 5.73 Å². The molecule has 1 aliphatic rings. The van der Waals surface area contributed by atoms with Gasteiger partial charge in [0.05, 0.1) is 21.3 Å². The van der Waals surface area contributed by atoms with Crippen LogP contribution >= 0.6 is 15.9 Å². The summed E-state index contributed by atoms with van der Waals surface area (Å²) < 4.78 is 0.368. The molecule has 6 heteroatoms. The minimum Gasteiger partial charge on any atom is -0.506 e. The number of aromatic hydroxyl groups is 1. The molecule has 25 heavy (non-hydrogen) atoms. The van der Waals surface area contributed by atoms with E-state index in [2.05, 4.69) is 15.9 Å². The predicted molar refractivity (Wildman–Crippen MR) is 105 cm³/mol. The van der Waals surface area contributed by atoms with Crippen molar-refractivity contribution < 1.29 is 9.90 Å². The van der Waals surface area contributed by atoms with Gasteiger partial charge in [0.15, 0.2) is 5.78 Å². The smallest absolute Gasteiger partial charge is 0.196 e. The lowest BCUT2D eigenvalue weighted by Crippen LogP contribution is -2.18. The van der Waals surface area contributed by atoms with Crippen LogP contribution in [0, 0.1) is 5.41 Å². The van der Waals surface area contributed by atoms with Gasteiger partial charge in [-0.05, 0) is 54.8 Å². The Morgan fingerprint density at radius 2 is 1.68 bits per heavy atom. The van der Waals surface area contributed by atoms with E-state index in [9.17, 15) is 9.90 Å². The quantitative estimate of drug-likeness (QED) is 0.503. The Bertz CT molecular complexity index is 856. The summed E-state index contributed by atoms with van der Waals surface area (Å²) in [6.07, 6.45) is 1.46. The number of ketones is 1. The summed E-state index contributed by atoms with van der Waals surface area (Å²) >= 11 is 3.17. The Balaban J connectivity index is 0.000000511. The number of hydrogen-bond acceptors (Lipinski definition) is 5. The molecule has 0 spiro atoms. The molecule has 5 nitrogen and oxygen atoms in total. The number of benzene rings is 2. The van der Waals surface area contributed by atoms with E-state index in [-0.39, 0.29) is 34.1 Å². The van der Waals surface area contributed by atoms with E-state index in [0.29, 0.717) is 10.0 Å². The number of nitrogens with one attached hydrogen (secondary N) is 1. The monoisotopic (exact) mass is 401 g/mol. The molecule has 0 aliphatic heterocycles. The molecule has 0 fully saturated rings. The van der Waals surface area contributed by atoms with Crippen molar-refractivity contribution in [1.29, 1.82) is 5.41 Å². The number of phenols is 1. The normalized spacial score (nSPS) is 13.1. The summed E-state index contributed by atoms with van der Waals surface area (Å²) in [5, 5.41) is 18.2. The van der Waals surface area contributed by atoms with Crippen molar-refractivity contribution >= 4 is 38.7 Å². The second-order valence-corrected chi connectivity index (χ2v) is 6.91. The standard InChI is InChI=1S/C16H11BrN2O2.C3H9N/c17-10-7-12(19)13-14(16(10)21)11(18)6-9(15(13)20)8-4-2-1-3-5-8;1-4(2)3/h1-7,18,21H,19H2;1-3H3. The molecule has 0 heterocycles. The van der Waals surface area contributed by atoms with Crippen LogP contribution in [0.1, 0.15) is 21.5 Å². The lowest BCUT2D eigenvalue weighted by atomic mass is 9.84. The van der Waals surface area contributed by atoms with E-state index in [0.717, 1.165) is 5.56 Å². The molecule has 0 radical (unpaired) electrons. The predicted octanol–water partition coefficient (Wildman–Crippen LogP) is 3.56. The third kappa shape index (κ3) is 3.97. The summed E-state index contributed by atoms with van der Waals surface area (Å²) in [6, 6.07) is 10.6. The Morgan fingerprint density at radius 3 is 2.24 bits per heavy atom. The first-order valence-corrected chi connectivity index (χ1v) is 8.36. The molecule has 0 saturated carbocycles. The Kier molecular flexibility index (Phi) is 5.77. The summed E-state index contributed by atoms with van der Waals surface area (Å²) in [4.78, 5) is 14.7. The molecule has 2 aromatic rings. The van der Waals surface area contributed by atoms with Crippen molar-refractivity contribution in [2.45, 2.75) is 0 Å². The second-order valence-electron chi connectivity index (χ2n) is 6.05. The molecule has 130 valence electrons. The number of anilines is 1. The number of carbonyl (C=O) groups excluding carboxylic acids is 1. The number of nitrogen functional groups attached to an aromatic ring is 1. The number of fused-ring (bicyclic) bond motifs is 1. The first-order valence-electron chi connectivity index (χ1n) is 7.56. The van der Waals surface area contributed by atoms with Crippen LogP contribution in [0.4, 0.5) is 5.69 Å². The van der Waals surface area contributed by atoms with Gasteiger partial charge in [0, 0.05) is 11.3 Å². The van der Waals surface area contributed by atoms with Crippen LogP contribution in [0.5, 0.6) is 5.75 Å². The van der Waals surface area contributed by atoms with Crippen molar-refractivity contribution in [3.63, 3.8) is 0 Å². The second kappa shape index (κ2) is 7.63. The summed E-state index contributed by atoms with van der Waals surface area (Å²) in [5.74, 6) is -0.423. The van der Waals surface area contributed by atoms with Gasteiger partial charge in [0.2, 0.25) is 0 Å². The highest BCUT2D eigenvalue weighted by molar-refractivity contribution is 9.10. The molecular weight excluding hydrogens is 382 g/mol. The lowest BCUT2D eigenvalue weighted by molar-refractivity contribution is 0.105. The topological polar surface area (TPSA) is 90.4 Å². The first-order chi connectivity index (χ1) is 11.7. The minimum atomic E-state index is -0.285. The SMILES string of the molecule is CN(C)C.N=C1C=C(c2ccccc2)C(=O)c2c(N)cc(Br)c(O)c21. The third-order valence-electron chi connectivity index (χ3n) is 3.40. The number of carbonyl (C=O) groups is 1. The molecule has 0 bridgehead atoms. The van der Waals surface area contributed by atoms with E-state index in [4.69, 9.17) is 11.1 Å². The highest BCUT2D eigenvalue weighted by atomic mass is 79.9. The molecule has 2 aromatic carbocycles. The van der Waals surface area contributed by atoms with Crippen LogP contribution in [0.3, 0.4) is 0 Å². The number of phenolic OH excluding ortho intramolecular Hbond substituents is 1. The molecule has 0 aromatic heterocycles. The Morgan fingerprint density at radius 1 is 1.12 bits per heavy atom. The molecule has 0 atom stereocenters. The number of halogens is 1. The number of rotatable bonds is 1. The average molecular weight is 402 g/mol. The van der Waals surface area contributed by atoms with Gasteiger partial charge in [-0.1, -0.05) is 30.3 Å². The molecule has 0 unspecified atom stereocenters. The van der Waals surface area contributed by atoms with Crippen molar-refractivity contribution in [1.82, 2.24) is 4.90 Å². The fraction of sp³-hybridized carbons (Fsp3) is 0.158. The first kappa shape index (κ1) is 18.9. The zero-order valence-corrected chi connectivity index (χ0v) is 15.9. The van der Waals surface area contributed by atoms with Gasteiger partial charge in [0.25, 0.3) is 0 Å². The van der Waals surface area contributed by atoms with Gasteiger partial charge in [0.1, 0.15) is 5.75 Å². The number of Topliss-reactive ketones (excluding diaryl/α,β-unsaturated/α-hetero) is 1. The summed E-state index contributed by atoms with van der Waals surface area (Å²) in [6.45, 7) is 0. The van der Waals surface area contributed by atoms with Crippen molar-refractivity contribution in [2.24, 2.45) is 0 Å². The highest BCUT2D eigenvalue weighted by Gasteiger charge is 2.30. The van der Waals surface area contributed by atoms with Crippen molar-refractivity contribution in [3.05, 3.63) is 63.6 Å². The van der Waals surface area contributed by atoms with Crippen LogP contribution in [-0.2, 0) is 0 Å². The third-order valence-corrected chi connectivity index (χ3v) is 4.00. The molecular formula is C19H20BrN3O2. The van der Waals surface area contributed by atoms with E-state index in [1.165, 1.54) is 12.1 Å².